The van der Waals surface area contributed by atoms with Crippen LogP contribution >= 0.6 is 22.6 Å². The molecule has 0 aliphatic heterocycles. The van der Waals surface area contributed by atoms with Crippen molar-refractivity contribution in [2.45, 2.75) is 33.1 Å². The summed E-state index contributed by atoms with van der Waals surface area (Å²) in [6.07, 6.45) is 4.16. The largest absolute Gasteiger partial charge is 0.0864 e. The van der Waals surface area contributed by atoms with E-state index in [1.54, 1.807) is 0 Å². The summed E-state index contributed by atoms with van der Waals surface area (Å²) in [6, 6.07) is 0. The molecular weight excluding hydrogens is 211 g/mol. The van der Waals surface area contributed by atoms with Crippen molar-refractivity contribution in [1.29, 1.82) is 0 Å². The van der Waals surface area contributed by atoms with Crippen LogP contribution in [0, 0.1) is 5.92 Å². The minimum absolute atomic E-state index is 0.949. The summed E-state index contributed by atoms with van der Waals surface area (Å²) in [5.41, 5.74) is 0. The Labute approximate surface area is 66.2 Å². The molecule has 50 valence electrons. The molecule has 0 saturated carbocycles. The summed E-state index contributed by atoms with van der Waals surface area (Å²) < 4.78 is 1.32. The van der Waals surface area contributed by atoms with Crippen molar-refractivity contribution < 1.29 is 0 Å². The van der Waals surface area contributed by atoms with E-state index >= 15 is 0 Å². The summed E-state index contributed by atoms with van der Waals surface area (Å²) in [5.74, 6) is 0.949. The van der Waals surface area contributed by atoms with Crippen molar-refractivity contribution in [2.75, 3.05) is 4.43 Å². The second-order valence-electron chi connectivity index (χ2n) is 2.34. The molecular formula is C7H15I. The molecule has 1 atom stereocenters. The third kappa shape index (κ3) is 4.88. The van der Waals surface area contributed by atoms with Crippen molar-refractivity contribution in [2.24, 2.45) is 5.92 Å². The Bertz CT molecular complexity index is 43.7. The Balaban J connectivity index is 2.86. The molecule has 0 radical (unpaired) electrons. The lowest BCUT2D eigenvalue weighted by Crippen LogP contribution is -1.91. The van der Waals surface area contributed by atoms with Gasteiger partial charge in [-0.15, -0.1) is 0 Å². The van der Waals surface area contributed by atoms with Crippen molar-refractivity contribution >= 4 is 22.6 Å². The minimum atomic E-state index is 0.949. The number of halogens is 1. The van der Waals surface area contributed by atoms with Gasteiger partial charge in [-0.3, -0.25) is 0 Å². The zero-order valence-electron chi connectivity index (χ0n) is 5.78. The third-order valence-electron chi connectivity index (χ3n) is 1.53. The lowest BCUT2D eigenvalue weighted by Gasteiger charge is -2.04. The zero-order chi connectivity index (χ0) is 6.41. The van der Waals surface area contributed by atoms with Gasteiger partial charge >= 0.3 is 0 Å². The van der Waals surface area contributed by atoms with Crippen molar-refractivity contribution in [3.8, 4) is 0 Å². The van der Waals surface area contributed by atoms with E-state index in [2.05, 4.69) is 36.4 Å². The van der Waals surface area contributed by atoms with Crippen molar-refractivity contribution in [3.63, 3.8) is 0 Å². The van der Waals surface area contributed by atoms with Gasteiger partial charge in [0, 0.05) is 0 Å². The van der Waals surface area contributed by atoms with Crippen molar-refractivity contribution in [1.82, 2.24) is 0 Å². The first-order valence-corrected chi connectivity index (χ1v) is 4.89. The lowest BCUT2D eigenvalue weighted by molar-refractivity contribution is 0.513. The number of alkyl halides is 1. The fourth-order valence-corrected chi connectivity index (χ4v) is 1.07. The van der Waals surface area contributed by atoms with E-state index in [9.17, 15) is 0 Å². The van der Waals surface area contributed by atoms with Crippen LogP contribution in [0.1, 0.15) is 33.1 Å². The summed E-state index contributed by atoms with van der Waals surface area (Å²) in [6.45, 7) is 4.59. The van der Waals surface area contributed by atoms with Crippen LogP contribution in [0.5, 0.6) is 0 Å². The number of hydrogen-bond acceptors (Lipinski definition) is 0. The first-order chi connectivity index (χ1) is 3.81. The summed E-state index contributed by atoms with van der Waals surface area (Å²) in [7, 11) is 0. The number of hydrogen-bond donors (Lipinski definition) is 0. The minimum Gasteiger partial charge on any atom is -0.0864 e. The van der Waals surface area contributed by atoms with E-state index in [0.717, 1.165) is 5.92 Å². The molecule has 8 heavy (non-hydrogen) atoms. The molecule has 0 aromatic heterocycles. The van der Waals surface area contributed by atoms with Crippen LogP contribution < -0.4 is 0 Å². The van der Waals surface area contributed by atoms with Gasteiger partial charge in [-0.1, -0.05) is 42.9 Å². The van der Waals surface area contributed by atoms with E-state index in [-0.39, 0.29) is 0 Å². The topological polar surface area (TPSA) is 0 Å². The maximum Gasteiger partial charge on any atom is -0.000463 e. The van der Waals surface area contributed by atoms with Gasteiger partial charge in [-0.05, 0) is 23.2 Å². The van der Waals surface area contributed by atoms with Crippen LogP contribution in [-0.4, -0.2) is 4.43 Å². The molecule has 0 bridgehead atoms. The lowest BCUT2D eigenvalue weighted by atomic mass is 10.0. The van der Waals surface area contributed by atoms with Crippen LogP contribution in [0.2, 0.25) is 0 Å². The Morgan fingerprint density at radius 3 is 2.50 bits per heavy atom. The van der Waals surface area contributed by atoms with E-state index in [1.165, 1.54) is 23.7 Å². The standard InChI is InChI=1S/C7H15I/c1-3-7(2)5-4-6-8/h7H,3-6H2,1-2H3/t7-/m0/s1. The molecule has 0 nitrogen and oxygen atoms in total. The quantitative estimate of drug-likeness (QED) is 0.509. The molecule has 0 aliphatic rings. The summed E-state index contributed by atoms with van der Waals surface area (Å²) in [4.78, 5) is 0. The van der Waals surface area contributed by atoms with E-state index in [0.29, 0.717) is 0 Å². The fourth-order valence-electron chi connectivity index (χ4n) is 0.630. The Hall–Kier alpha value is 0.730. The highest BCUT2D eigenvalue weighted by Crippen LogP contribution is 2.09. The molecule has 0 aromatic carbocycles. The van der Waals surface area contributed by atoms with Gasteiger partial charge < -0.3 is 0 Å². The first-order valence-electron chi connectivity index (χ1n) is 3.37. The van der Waals surface area contributed by atoms with Crippen LogP contribution in [0.3, 0.4) is 0 Å². The predicted molar refractivity (Wildman–Crippen MR) is 47.6 cm³/mol. The SMILES string of the molecule is CC[C@H](C)CCCI. The van der Waals surface area contributed by atoms with Gasteiger partial charge in [-0.25, -0.2) is 0 Å². The molecule has 0 aliphatic carbocycles. The molecule has 0 rings (SSSR count). The van der Waals surface area contributed by atoms with Crippen LogP contribution in [0.4, 0.5) is 0 Å². The second-order valence-corrected chi connectivity index (χ2v) is 3.42. The van der Waals surface area contributed by atoms with E-state index in [1.807, 2.05) is 0 Å². The van der Waals surface area contributed by atoms with Crippen LogP contribution in [0.25, 0.3) is 0 Å². The van der Waals surface area contributed by atoms with Gasteiger partial charge in [0.05, 0.1) is 0 Å². The zero-order valence-corrected chi connectivity index (χ0v) is 7.94. The highest BCUT2D eigenvalue weighted by atomic mass is 127. The van der Waals surface area contributed by atoms with Gasteiger partial charge in [-0.2, -0.15) is 0 Å². The third-order valence-corrected chi connectivity index (χ3v) is 2.29. The van der Waals surface area contributed by atoms with Gasteiger partial charge in [0.1, 0.15) is 0 Å². The average molecular weight is 226 g/mol. The smallest absolute Gasteiger partial charge is 0.000463 e. The Morgan fingerprint density at radius 2 is 2.12 bits per heavy atom. The van der Waals surface area contributed by atoms with Gasteiger partial charge in [0.2, 0.25) is 0 Å². The van der Waals surface area contributed by atoms with Crippen LogP contribution in [0.15, 0.2) is 0 Å². The molecule has 0 fully saturated rings. The van der Waals surface area contributed by atoms with Gasteiger partial charge in [0.15, 0.2) is 0 Å². The molecule has 0 aromatic rings. The van der Waals surface area contributed by atoms with E-state index < -0.39 is 0 Å². The summed E-state index contributed by atoms with van der Waals surface area (Å²) >= 11 is 2.44. The molecule has 0 saturated heterocycles. The Morgan fingerprint density at radius 1 is 1.50 bits per heavy atom. The number of rotatable bonds is 4. The molecule has 0 heterocycles. The van der Waals surface area contributed by atoms with E-state index in [4.69, 9.17) is 0 Å². The second kappa shape index (κ2) is 5.86. The monoisotopic (exact) mass is 226 g/mol. The highest BCUT2D eigenvalue weighted by molar-refractivity contribution is 14.1. The normalized spacial score (nSPS) is 13.9. The molecule has 0 N–H and O–H groups in total. The fraction of sp³-hybridized carbons (Fsp3) is 1.00. The summed E-state index contributed by atoms with van der Waals surface area (Å²) in [5, 5.41) is 0. The van der Waals surface area contributed by atoms with Gasteiger partial charge in [0.25, 0.3) is 0 Å². The van der Waals surface area contributed by atoms with Crippen molar-refractivity contribution in [3.05, 3.63) is 0 Å². The molecule has 1 heteroatoms. The first kappa shape index (κ1) is 8.73. The molecule has 0 spiro atoms. The molecule has 0 unspecified atom stereocenters. The Kier molecular flexibility index (Phi) is 6.39. The maximum atomic E-state index is 2.44. The highest BCUT2D eigenvalue weighted by Gasteiger charge is 1.95. The average Bonchev–Trinajstić information content (AvgIpc) is 1.83. The maximum absolute atomic E-state index is 2.44. The predicted octanol–water partition coefficient (Wildman–Crippen LogP) is 3.25. The molecule has 0 amide bonds. The van der Waals surface area contributed by atoms with Crippen LogP contribution in [-0.2, 0) is 0 Å².